The van der Waals surface area contributed by atoms with Crippen molar-refractivity contribution in [3.8, 4) is 5.75 Å². The van der Waals surface area contributed by atoms with E-state index in [1.165, 1.54) is 11.1 Å². The van der Waals surface area contributed by atoms with E-state index in [1.807, 2.05) is 18.2 Å². The molecule has 0 aliphatic rings. The molecule has 0 saturated heterocycles. The summed E-state index contributed by atoms with van der Waals surface area (Å²) in [6.07, 6.45) is 0. The van der Waals surface area contributed by atoms with E-state index < -0.39 is 0 Å². The van der Waals surface area contributed by atoms with Crippen molar-refractivity contribution >= 4 is 11.4 Å². The Labute approximate surface area is 121 Å². The molecule has 3 nitrogen and oxygen atoms in total. The van der Waals surface area contributed by atoms with E-state index in [9.17, 15) is 0 Å². The number of para-hydroxylation sites is 1. The minimum atomic E-state index is 0.699. The van der Waals surface area contributed by atoms with Crippen LogP contribution in [0.3, 0.4) is 0 Å². The van der Waals surface area contributed by atoms with Crippen molar-refractivity contribution in [3.05, 3.63) is 53.6 Å². The molecule has 2 aromatic rings. The first-order valence-electron chi connectivity index (χ1n) is 6.89. The summed E-state index contributed by atoms with van der Waals surface area (Å²) in [7, 11) is 1.65. The van der Waals surface area contributed by atoms with Crippen LogP contribution in [-0.4, -0.2) is 13.7 Å². The fraction of sp³-hybridized carbons (Fsp3) is 0.294. The first-order chi connectivity index (χ1) is 9.67. The van der Waals surface area contributed by atoms with Gasteiger partial charge in [0.25, 0.3) is 0 Å². The van der Waals surface area contributed by atoms with Gasteiger partial charge in [-0.15, -0.1) is 0 Å². The van der Waals surface area contributed by atoms with Gasteiger partial charge in [-0.3, -0.25) is 0 Å². The van der Waals surface area contributed by atoms with Crippen LogP contribution in [-0.2, 0) is 6.54 Å². The van der Waals surface area contributed by atoms with Crippen LogP contribution in [0.2, 0.25) is 0 Å². The molecule has 0 heterocycles. The Kier molecular flexibility index (Phi) is 4.51. The zero-order valence-electron chi connectivity index (χ0n) is 12.4. The summed E-state index contributed by atoms with van der Waals surface area (Å²) in [5.41, 5.74) is 10.5. The maximum absolute atomic E-state index is 6.20. The maximum atomic E-state index is 6.20. The van der Waals surface area contributed by atoms with E-state index in [2.05, 4.69) is 43.0 Å². The Morgan fingerprint density at radius 1 is 1.10 bits per heavy atom. The number of hydrogen-bond donors (Lipinski definition) is 1. The number of ether oxygens (including phenoxy) is 1. The SMILES string of the molecule is CCN(Cc1ccccc1C)c1cccc(OC)c1N. The summed E-state index contributed by atoms with van der Waals surface area (Å²) in [6.45, 7) is 6.02. The van der Waals surface area contributed by atoms with E-state index in [0.717, 1.165) is 24.5 Å². The van der Waals surface area contributed by atoms with E-state index in [1.54, 1.807) is 7.11 Å². The lowest BCUT2D eigenvalue weighted by Crippen LogP contribution is -2.23. The second-order valence-electron chi connectivity index (χ2n) is 4.83. The van der Waals surface area contributed by atoms with Crippen LogP contribution in [0.4, 0.5) is 11.4 Å². The lowest BCUT2D eigenvalue weighted by Gasteiger charge is -2.26. The molecule has 0 unspecified atom stereocenters. The first kappa shape index (κ1) is 14.3. The van der Waals surface area contributed by atoms with Crippen molar-refractivity contribution in [2.45, 2.75) is 20.4 Å². The van der Waals surface area contributed by atoms with Gasteiger partial charge in [-0.25, -0.2) is 0 Å². The van der Waals surface area contributed by atoms with Crippen molar-refractivity contribution in [1.29, 1.82) is 0 Å². The molecule has 0 aliphatic heterocycles. The number of nitrogen functional groups attached to an aromatic ring is 1. The zero-order chi connectivity index (χ0) is 14.5. The van der Waals surface area contributed by atoms with Crippen molar-refractivity contribution < 1.29 is 4.74 Å². The van der Waals surface area contributed by atoms with Gasteiger partial charge in [0.1, 0.15) is 5.75 Å². The number of hydrogen-bond acceptors (Lipinski definition) is 3. The van der Waals surface area contributed by atoms with Gasteiger partial charge in [0.15, 0.2) is 0 Å². The molecule has 2 rings (SSSR count). The molecule has 0 spiro atoms. The molecule has 106 valence electrons. The summed E-state index contributed by atoms with van der Waals surface area (Å²) in [5.74, 6) is 0.728. The minimum absolute atomic E-state index is 0.699. The van der Waals surface area contributed by atoms with Crippen LogP contribution in [0.5, 0.6) is 5.75 Å². The Bertz CT molecular complexity index is 581. The van der Waals surface area contributed by atoms with Crippen molar-refractivity contribution in [2.75, 3.05) is 24.3 Å². The average Bonchev–Trinajstić information content (AvgIpc) is 2.47. The molecule has 0 aromatic heterocycles. The largest absolute Gasteiger partial charge is 0.495 e. The summed E-state index contributed by atoms with van der Waals surface area (Å²) >= 11 is 0. The van der Waals surface area contributed by atoms with E-state index in [0.29, 0.717) is 5.69 Å². The van der Waals surface area contributed by atoms with Crippen molar-refractivity contribution in [2.24, 2.45) is 0 Å². The molecule has 0 saturated carbocycles. The number of nitrogens with zero attached hydrogens (tertiary/aromatic N) is 1. The summed E-state index contributed by atoms with van der Waals surface area (Å²) in [4.78, 5) is 2.26. The van der Waals surface area contributed by atoms with Gasteiger partial charge in [-0.2, -0.15) is 0 Å². The number of rotatable bonds is 5. The van der Waals surface area contributed by atoms with Gasteiger partial charge >= 0.3 is 0 Å². The Hall–Kier alpha value is -2.16. The molecule has 0 amide bonds. The van der Waals surface area contributed by atoms with Crippen molar-refractivity contribution in [1.82, 2.24) is 0 Å². The quantitative estimate of drug-likeness (QED) is 0.843. The first-order valence-corrected chi connectivity index (χ1v) is 6.89. The number of benzene rings is 2. The van der Waals surface area contributed by atoms with Gasteiger partial charge < -0.3 is 15.4 Å². The Morgan fingerprint density at radius 2 is 1.85 bits per heavy atom. The molecule has 0 aliphatic carbocycles. The number of aryl methyl sites for hydroxylation is 1. The highest BCUT2D eigenvalue weighted by Crippen LogP contribution is 2.32. The number of nitrogens with two attached hydrogens (primary N) is 1. The Balaban J connectivity index is 2.32. The van der Waals surface area contributed by atoms with Gasteiger partial charge in [0.2, 0.25) is 0 Å². The number of methoxy groups -OCH3 is 1. The topological polar surface area (TPSA) is 38.5 Å². The molecule has 3 heteroatoms. The fourth-order valence-corrected chi connectivity index (χ4v) is 2.35. The Morgan fingerprint density at radius 3 is 2.50 bits per heavy atom. The summed E-state index contributed by atoms with van der Waals surface area (Å²) in [6, 6.07) is 14.3. The predicted molar refractivity (Wildman–Crippen MR) is 85.3 cm³/mol. The molecule has 2 aromatic carbocycles. The van der Waals surface area contributed by atoms with Crippen LogP contribution < -0.4 is 15.4 Å². The van der Waals surface area contributed by atoms with Gasteiger partial charge in [0.05, 0.1) is 18.5 Å². The third-order valence-electron chi connectivity index (χ3n) is 3.61. The smallest absolute Gasteiger partial charge is 0.143 e. The molecule has 0 atom stereocenters. The van der Waals surface area contributed by atoms with Crippen LogP contribution in [0.15, 0.2) is 42.5 Å². The molecule has 20 heavy (non-hydrogen) atoms. The van der Waals surface area contributed by atoms with E-state index >= 15 is 0 Å². The average molecular weight is 270 g/mol. The molecular weight excluding hydrogens is 248 g/mol. The molecular formula is C17H22N2O. The second kappa shape index (κ2) is 6.33. The van der Waals surface area contributed by atoms with Crippen LogP contribution in [0, 0.1) is 6.92 Å². The van der Waals surface area contributed by atoms with Gasteiger partial charge in [-0.1, -0.05) is 30.3 Å². The molecule has 0 bridgehead atoms. The van der Waals surface area contributed by atoms with E-state index in [4.69, 9.17) is 10.5 Å². The lowest BCUT2D eigenvalue weighted by molar-refractivity contribution is 0.417. The molecule has 2 N–H and O–H groups in total. The normalized spacial score (nSPS) is 10.3. The highest BCUT2D eigenvalue weighted by Gasteiger charge is 2.12. The van der Waals surface area contributed by atoms with E-state index in [-0.39, 0.29) is 0 Å². The monoisotopic (exact) mass is 270 g/mol. The zero-order valence-corrected chi connectivity index (χ0v) is 12.4. The van der Waals surface area contributed by atoms with Crippen molar-refractivity contribution in [3.63, 3.8) is 0 Å². The molecule has 0 radical (unpaired) electrons. The lowest BCUT2D eigenvalue weighted by atomic mass is 10.1. The second-order valence-corrected chi connectivity index (χ2v) is 4.83. The number of anilines is 2. The van der Waals surface area contributed by atoms with Crippen LogP contribution in [0.25, 0.3) is 0 Å². The summed E-state index contributed by atoms with van der Waals surface area (Å²) in [5, 5.41) is 0. The maximum Gasteiger partial charge on any atom is 0.143 e. The van der Waals surface area contributed by atoms with Crippen LogP contribution >= 0.6 is 0 Å². The predicted octanol–water partition coefficient (Wildman–Crippen LogP) is 3.61. The van der Waals surface area contributed by atoms with Gasteiger partial charge in [0, 0.05) is 13.1 Å². The third kappa shape index (κ3) is 2.87. The van der Waals surface area contributed by atoms with Crippen LogP contribution in [0.1, 0.15) is 18.1 Å². The fourth-order valence-electron chi connectivity index (χ4n) is 2.35. The molecule has 0 fully saturated rings. The standard InChI is InChI=1S/C17H22N2O/c1-4-19(12-14-9-6-5-8-13(14)2)15-10-7-11-16(20-3)17(15)18/h5-11H,4,12,18H2,1-3H3. The third-order valence-corrected chi connectivity index (χ3v) is 3.61. The summed E-state index contributed by atoms with van der Waals surface area (Å²) < 4.78 is 5.30. The minimum Gasteiger partial charge on any atom is -0.495 e. The highest BCUT2D eigenvalue weighted by molar-refractivity contribution is 5.74. The highest BCUT2D eigenvalue weighted by atomic mass is 16.5. The van der Waals surface area contributed by atoms with Gasteiger partial charge in [-0.05, 0) is 37.1 Å².